The number of nitrogens with zero attached hydrogens (tertiary/aromatic N) is 1. The summed E-state index contributed by atoms with van der Waals surface area (Å²) in [6.45, 7) is 4.35. The first-order chi connectivity index (χ1) is 6.77. The van der Waals surface area contributed by atoms with Crippen LogP contribution >= 0.6 is 0 Å². The lowest BCUT2D eigenvalue weighted by molar-refractivity contribution is 0.734. The van der Waals surface area contributed by atoms with Crippen molar-refractivity contribution in [3.63, 3.8) is 0 Å². The Morgan fingerprint density at radius 3 is 3.00 bits per heavy atom. The molecule has 0 saturated carbocycles. The van der Waals surface area contributed by atoms with Crippen LogP contribution in [0.1, 0.15) is 20.3 Å². The summed E-state index contributed by atoms with van der Waals surface area (Å²) in [6.07, 6.45) is 8.06. The van der Waals surface area contributed by atoms with Crippen molar-refractivity contribution in [2.24, 2.45) is 5.92 Å². The van der Waals surface area contributed by atoms with Crippen LogP contribution in [0.3, 0.4) is 0 Å². The SMILES string of the molecule is CCC(C)/C=c1/cccn/c1=C/C=N. The van der Waals surface area contributed by atoms with Crippen molar-refractivity contribution in [3.8, 4) is 0 Å². The predicted octanol–water partition coefficient (Wildman–Crippen LogP) is 1.34. The fourth-order valence-electron chi connectivity index (χ4n) is 1.21. The highest BCUT2D eigenvalue weighted by Gasteiger charge is 1.92. The standard InChI is InChI=1S/C12H16N2/c1-3-10(2)9-11-5-4-8-14-12(11)6-7-13/h4-10,13H,3H2,1-2H3/b11-9-,12-6+,13-7?. The number of rotatable bonds is 3. The molecule has 1 aromatic heterocycles. The summed E-state index contributed by atoms with van der Waals surface area (Å²) in [5.74, 6) is 0.553. The lowest BCUT2D eigenvalue weighted by Gasteiger charge is -1.99. The van der Waals surface area contributed by atoms with Gasteiger partial charge >= 0.3 is 0 Å². The first-order valence-electron chi connectivity index (χ1n) is 4.91. The summed E-state index contributed by atoms with van der Waals surface area (Å²) in [7, 11) is 0. The second-order valence-electron chi connectivity index (χ2n) is 3.36. The topological polar surface area (TPSA) is 36.7 Å². The minimum atomic E-state index is 0.553. The molecule has 2 nitrogen and oxygen atoms in total. The molecular formula is C12H16N2. The van der Waals surface area contributed by atoms with E-state index in [0.29, 0.717) is 5.92 Å². The second-order valence-corrected chi connectivity index (χ2v) is 3.36. The maximum atomic E-state index is 7.03. The Hall–Kier alpha value is -1.44. The molecule has 0 aliphatic heterocycles. The van der Waals surface area contributed by atoms with Gasteiger partial charge in [0.2, 0.25) is 0 Å². The van der Waals surface area contributed by atoms with Crippen molar-refractivity contribution in [3.05, 3.63) is 28.9 Å². The van der Waals surface area contributed by atoms with Gasteiger partial charge in [-0.1, -0.05) is 32.4 Å². The van der Waals surface area contributed by atoms with Gasteiger partial charge in [0, 0.05) is 12.4 Å². The van der Waals surface area contributed by atoms with E-state index in [1.165, 1.54) is 6.21 Å². The minimum absolute atomic E-state index is 0.553. The predicted molar refractivity (Wildman–Crippen MR) is 60.7 cm³/mol. The summed E-state index contributed by atoms with van der Waals surface area (Å²) >= 11 is 0. The molecule has 0 spiro atoms. The fourth-order valence-corrected chi connectivity index (χ4v) is 1.21. The van der Waals surface area contributed by atoms with Crippen molar-refractivity contribution < 1.29 is 0 Å². The third kappa shape index (κ3) is 2.80. The summed E-state index contributed by atoms with van der Waals surface area (Å²) in [6, 6.07) is 3.96. The Balaban J connectivity index is 3.26. The number of hydrogen-bond acceptors (Lipinski definition) is 2. The summed E-state index contributed by atoms with van der Waals surface area (Å²) in [4.78, 5) is 4.22. The zero-order valence-electron chi connectivity index (χ0n) is 8.70. The van der Waals surface area contributed by atoms with Gasteiger partial charge in [-0.25, -0.2) is 0 Å². The van der Waals surface area contributed by atoms with Gasteiger partial charge in [0.25, 0.3) is 0 Å². The Kier molecular flexibility index (Phi) is 4.05. The van der Waals surface area contributed by atoms with Crippen LogP contribution in [-0.4, -0.2) is 11.2 Å². The summed E-state index contributed by atoms with van der Waals surface area (Å²) < 4.78 is 0. The molecular weight excluding hydrogens is 172 g/mol. The molecule has 0 aliphatic carbocycles. The zero-order chi connectivity index (χ0) is 10.4. The van der Waals surface area contributed by atoms with Gasteiger partial charge in [-0.05, 0) is 23.3 Å². The maximum absolute atomic E-state index is 7.03. The third-order valence-corrected chi connectivity index (χ3v) is 2.22. The van der Waals surface area contributed by atoms with Crippen molar-refractivity contribution in [2.45, 2.75) is 20.3 Å². The largest absolute Gasteiger partial charge is 0.309 e. The Labute approximate surface area is 84.5 Å². The van der Waals surface area contributed by atoms with Gasteiger partial charge in [-0.15, -0.1) is 0 Å². The first kappa shape index (κ1) is 10.6. The van der Waals surface area contributed by atoms with Gasteiger partial charge in [0.1, 0.15) is 0 Å². The maximum Gasteiger partial charge on any atom is 0.0713 e. The molecule has 0 aliphatic rings. The number of aromatic nitrogens is 1. The molecule has 1 atom stereocenters. The van der Waals surface area contributed by atoms with Gasteiger partial charge in [-0.2, -0.15) is 0 Å². The highest BCUT2D eigenvalue weighted by molar-refractivity contribution is 5.88. The Morgan fingerprint density at radius 1 is 1.57 bits per heavy atom. The van der Waals surface area contributed by atoms with Gasteiger partial charge in [-0.3, -0.25) is 4.98 Å². The van der Waals surface area contributed by atoms with Gasteiger partial charge in [0.15, 0.2) is 0 Å². The lowest BCUT2D eigenvalue weighted by Crippen LogP contribution is -2.28. The van der Waals surface area contributed by atoms with E-state index >= 15 is 0 Å². The van der Waals surface area contributed by atoms with E-state index in [4.69, 9.17) is 5.41 Å². The fraction of sp³-hybridized carbons (Fsp3) is 0.333. The molecule has 0 radical (unpaired) electrons. The molecule has 0 fully saturated rings. The van der Waals surface area contributed by atoms with Crippen LogP contribution in [0.25, 0.3) is 12.2 Å². The van der Waals surface area contributed by atoms with Crippen LogP contribution in [0.5, 0.6) is 0 Å². The van der Waals surface area contributed by atoms with E-state index in [1.807, 2.05) is 12.1 Å². The highest BCUT2D eigenvalue weighted by atomic mass is 14.6. The van der Waals surface area contributed by atoms with Gasteiger partial charge in [0.05, 0.1) is 5.35 Å². The average Bonchev–Trinajstić information content (AvgIpc) is 2.21. The van der Waals surface area contributed by atoms with Crippen molar-refractivity contribution in [2.75, 3.05) is 0 Å². The minimum Gasteiger partial charge on any atom is -0.309 e. The van der Waals surface area contributed by atoms with Crippen molar-refractivity contribution in [1.82, 2.24) is 4.98 Å². The molecule has 0 aromatic carbocycles. The molecule has 74 valence electrons. The molecule has 1 aromatic rings. The number of hydrogen-bond donors (Lipinski definition) is 1. The molecule has 0 bridgehead atoms. The van der Waals surface area contributed by atoms with Crippen LogP contribution in [0.15, 0.2) is 18.3 Å². The smallest absolute Gasteiger partial charge is 0.0713 e. The van der Waals surface area contributed by atoms with Crippen LogP contribution in [0.2, 0.25) is 0 Å². The molecule has 1 heterocycles. The van der Waals surface area contributed by atoms with Crippen LogP contribution in [-0.2, 0) is 0 Å². The van der Waals surface area contributed by atoms with E-state index < -0.39 is 0 Å². The summed E-state index contributed by atoms with van der Waals surface area (Å²) in [5, 5.41) is 9.02. The lowest BCUT2D eigenvalue weighted by atomic mass is 10.1. The monoisotopic (exact) mass is 188 g/mol. The molecule has 0 amide bonds. The van der Waals surface area contributed by atoms with E-state index in [1.54, 1.807) is 12.3 Å². The van der Waals surface area contributed by atoms with E-state index in [2.05, 4.69) is 24.9 Å². The molecule has 14 heavy (non-hydrogen) atoms. The zero-order valence-corrected chi connectivity index (χ0v) is 8.70. The van der Waals surface area contributed by atoms with Crippen LogP contribution < -0.4 is 10.6 Å². The van der Waals surface area contributed by atoms with Crippen molar-refractivity contribution >= 4 is 18.4 Å². The Bertz CT molecular complexity index is 407. The Morgan fingerprint density at radius 2 is 2.36 bits per heavy atom. The molecule has 0 saturated heterocycles. The van der Waals surface area contributed by atoms with E-state index in [0.717, 1.165) is 17.0 Å². The third-order valence-electron chi connectivity index (χ3n) is 2.22. The molecule has 1 unspecified atom stereocenters. The molecule has 1 rings (SSSR count). The summed E-state index contributed by atoms with van der Waals surface area (Å²) in [5.41, 5.74) is 0. The normalized spacial score (nSPS) is 15.6. The van der Waals surface area contributed by atoms with Crippen LogP contribution in [0, 0.1) is 11.3 Å². The average molecular weight is 188 g/mol. The van der Waals surface area contributed by atoms with Crippen molar-refractivity contribution in [1.29, 1.82) is 5.41 Å². The van der Waals surface area contributed by atoms with E-state index in [9.17, 15) is 0 Å². The number of nitrogens with one attached hydrogen (secondary N) is 1. The molecule has 1 N–H and O–H groups in total. The first-order valence-corrected chi connectivity index (χ1v) is 4.91. The highest BCUT2D eigenvalue weighted by Crippen LogP contribution is 1.99. The quantitative estimate of drug-likeness (QED) is 0.714. The number of pyridine rings is 1. The second kappa shape index (κ2) is 5.32. The van der Waals surface area contributed by atoms with Crippen LogP contribution in [0.4, 0.5) is 0 Å². The molecule has 2 heteroatoms. The van der Waals surface area contributed by atoms with Gasteiger partial charge < -0.3 is 5.41 Å². The van der Waals surface area contributed by atoms with E-state index in [-0.39, 0.29) is 0 Å².